The van der Waals surface area contributed by atoms with Crippen molar-refractivity contribution in [2.24, 2.45) is 45.3 Å². The zero-order valence-corrected chi connectivity index (χ0v) is 22.8. The van der Waals surface area contributed by atoms with Crippen molar-refractivity contribution in [1.29, 1.82) is 0 Å². The van der Waals surface area contributed by atoms with E-state index in [1.165, 1.54) is 38.4 Å². The number of fused-ring (bicyclic) bond motifs is 4. The molecule has 2 nitrogen and oxygen atoms in total. The first-order valence-corrected chi connectivity index (χ1v) is 13.9. The average Bonchev–Trinajstić information content (AvgIpc) is 3.11. The van der Waals surface area contributed by atoms with Gasteiger partial charge in [-0.15, -0.1) is 0 Å². The van der Waals surface area contributed by atoms with Gasteiger partial charge in [-0.1, -0.05) is 67.0 Å². The summed E-state index contributed by atoms with van der Waals surface area (Å²) in [6.45, 7) is 19.0. The van der Waals surface area contributed by atoms with Crippen LogP contribution in [0.1, 0.15) is 113 Å². The van der Waals surface area contributed by atoms with Gasteiger partial charge < -0.3 is 9.90 Å². The highest BCUT2D eigenvalue weighted by molar-refractivity contribution is 5.54. The minimum absolute atomic E-state index is 0.0497. The zero-order valence-electron chi connectivity index (χ0n) is 22.8. The lowest BCUT2D eigenvalue weighted by Gasteiger charge is -2.65. The SMILES string of the molecule is CC(C)C(C=O)CCC(C)C1CC=C2C3=C(CCC21C)C1(C)CCC(O)C(C)(C)C1(C)CC3. The van der Waals surface area contributed by atoms with Gasteiger partial charge in [-0.2, -0.15) is 0 Å². The number of carbonyl (C=O) groups is 1. The molecular weight excluding hydrogens is 404 g/mol. The molecule has 0 aromatic heterocycles. The Labute approximate surface area is 203 Å². The quantitative estimate of drug-likeness (QED) is 0.414. The Balaban J connectivity index is 1.60. The third-order valence-electron chi connectivity index (χ3n) is 12.2. The summed E-state index contributed by atoms with van der Waals surface area (Å²) in [4.78, 5) is 11.5. The Morgan fingerprint density at radius 3 is 2.36 bits per heavy atom. The number of carbonyl (C=O) groups excluding carboxylic acids is 1. The number of hydrogen-bond acceptors (Lipinski definition) is 2. The highest BCUT2D eigenvalue weighted by atomic mass is 16.3. The van der Waals surface area contributed by atoms with E-state index in [4.69, 9.17) is 0 Å². The predicted molar refractivity (Wildman–Crippen MR) is 138 cm³/mol. The number of hydrogen-bond donors (Lipinski definition) is 1. The lowest BCUT2D eigenvalue weighted by Crippen LogP contribution is -2.60. The molecule has 1 N–H and O–H groups in total. The molecule has 4 rings (SSSR count). The number of aliphatic hydroxyl groups excluding tert-OH is 1. The molecule has 2 heteroatoms. The Morgan fingerprint density at radius 2 is 1.73 bits per heavy atom. The van der Waals surface area contributed by atoms with Gasteiger partial charge >= 0.3 is 0 Å². The fraction of sp³-hybridized carbons (Fsp3) is 0.839. The summed E-state index contributed by atoms with van der Waals surface area (Å²) in [6.07, 6.45) is 13.9. The molecule has 0 bridgehead atoms. The summed E-state index contributed by atoms with van der Waals surface area (Å²) in [7, 11) is 0. The van der Waals surface area contributed by atoms with Crippen LogP contribution in [0.3, 0.4) is 0 Å². The molecule has 4 aliphatic carbocycles. The molecule has 0 aliphatic heterocycles. The van der Waals surface area contributed by atoms with Crippen molar-refractivity contribution in [2.75, 3.05) is 0 Å². The van der Waals surface area contributed by atoms with Crippen LogP contribution in [0, 0.1) is 45.3 Å². The lowest BCUT2D eigenvalue weighted by molar-refractivity contribution is -0.154. The van der Waals surface area contributed by atoms with E-state index in [0.717, 1.165) is 25.7 Å². The zero-order chi connectivity index (χ0) is 24.4. The predicted octanol–water partition coefficient (Wildman–Crippen LogP) is 7.90. The number of aliphatic hydroxyl groups is 1. The number of rotatable bonds is 6. The van der Waals surface area contributed by atoms with Crippen molar-refractivity contribution in [3.63, 3.8) is 0 Å². The largest absolute Gasteiger partial charge is 0.393 e. The highest BCUT2D eigenvalue weighted by Gasteiger charge is 2.63. The van der Waals surface area contributed by atoms with Gasteiger partial charge in [0.25, 0.3) is 0 Å². The summed E-state index contributed by atoms with van der Waals surface area (Å²) < 4.78 is 0. The minimum Gasteiger partial charge on any atom is -0.393 e. The Morgan fingerprint density at radius 1 is 1.03 bits per heavy atom. The molecule has 186 valence electrons. The monoisotopic (exact) mass is 454 g/mol. The second-order valence-electron chi connectivity index (χ2n) is 13.9. The van der Waals surface area contributed by atoms with Crippen LogP contribution in [0.4, 0.5) is 0 Å². The first-order chi connectivity index (χ1) is 15.3. The van der Waals surface area contributed by atoms with Crippen molar-refractivity contribution in [2.45, 2.75) is 119 Å². The van der Waals surface area contributed by atoms with E-state index in [9.17, 15) is 9.90 Å². The van der Waals surface area contributed by atoms with Crippen molar-refractivity contribution in [1.82, 2.24) is 0 Å². The molecule has 4 aliphatic rings. The third kappa shape index (κ3) is 3.47. The van der Waals surface area contributed by atoms with E-state index in [1.807, 2.05) is 0 Å². The molecule has 7 atom stereocenters. The van der Waals surface area contributed by atoms with E-state index in [2.05, 4.69) is 61.5 Å². The average molecular weight is 455 g/mol. The fourth-order valence-electron chi connectivity index (χ4n) is 8.99. The van der Waals surface area contributed by atoms with E-state index in [-0.39, 0.29) is 28.3 Å². The summed E-state index contributed by atoms with van der Waals surface area (Å²) in [6, 6.07) is 0. The molecule has 1 saturated carbocycles. The summed E-state index contributed by atoms with van der Waals surface area (Å²) in [5.41, 5.74) is 5.73. The molecule has 0 amide bonds. The van der Waals surface area contributed by atoms with Crippen LogP contribution in [0.25, 0.3) is 0 Å². The van der Waals surface area contributed by atoms with Crippen LogP contribution >= 0.6 is 0 Å². The maximum absolute atomic E-state index is 11.5. The van der Waals surface area contributed by atoms with E-state index < -0.39 is 0 Å². The molecule has 0 saturated heterocycles. The molecule has 0 aromatic rings. The van der Waals surface area contributed by atoms with Gasteiger partial charge in [-0.05, 0) is 108 Å². The maximum Gasteiger partial charge on any atom is 0.123 e. The molecule has 0 spiro atoms. The summed E-state index contributed by atoms with van der Waals surface area (Å²) in [5, 5.41) is 10.9. The van der Waals surface area contributed by atoms with Gasteiger partial charge in [0.15, 0.2) is 0 Å². The first-order valence-electron chi connectivity index (χ1n) is 13.9. The number of allylic oxidation sites excluding steroid dienone is 4. The molecule has 0 aromatic carbocycles. The van der Waals surface area contributed by atoms with E-state index in [1.54, 1.807) is 16.7 Å². The van der Waals surface area contributed by atoms with E-state index in [0.29, 0.717) is 23.2 Å². The molecule has 33 heavy (non-hydrogen) atoms. The van der Waals surface area contributed by atoms with Gasteiger partial charge in [0.05, 0.1) is 6.10 Å². The molecule has 0 heterocycles. The smallest absolute Gasteiger partial charge is 0.123 e. The van der Waals surface area contributed by atoms with Crippen LogP contribution in [-0.2, 0) is 4.79 Å². The summed E-state index contributed by atoms with van der Waals surface area (Å²) >= 11 is 0. The summed E-state index contributed by atoms with van der Waals surface area (Å²) in [5.74, 6) is 2.00. The van der Waals surface area contributed by atoms with Crippen LogP contribution in [-0.4, -0.2) is 17.5 Å². The van der Waals surface area contributed by atoms with Crippen LogP contribution in [0.15, 0.2) is 22.8 Å². The maximum atomic E-state index is 11.5. The van der Waals surface area contributed by atoms with Gasteiger partial charge in [0.2, 0.25) is 0 Å². The van der Waals surface area contributed by atoms with Crippen LogP contribution in [0.5, 0.6) is 0 Å². The lowest BCUT2D eigenvalue weighted by atomic mass is 9.39. The van der Waals surface area contributed by atoms with Crippen molar-refractivity contribution in [3.8, 4) is 0 Å². The molecule has 0 radical (unpaired) electrons. The van der Waals surface area contributed by atoms with Crippen molar-refractivity contribution in [3.05, 3.63) is 22.8 Å². The molecule has 1 fully saturated rings. The Bertz CT molecular complexity index is 847. The van der Waals surface area contributed by atoms with Gasteiger partial charge in [-0.25, -0.2) is 0 Å². The van der Waals surface area contributed by atoms with Gasteiger partial charge in [0, 0.05) is 5.92 Å². The molecule has 7 unspecified atom stereocenters. The van der Waals surface area contributed by atoms with Crippen LogP contribution in [0.2, 0.25) is 0 Å². The third-order valence-corrected chi connectivity index (χ3v) is 12.2. The standard InChI is InChI=1S/C31H50O2/c1-20(2)22(19-32)10-9-21(3)24-11-12-25-23-13-18-31(8)28(4,5)27(33)15-17-30(31,7)26(23)14-16-29(24,25)6/h12,19-22,24,27,33H,9-11,13-18H2,1-8H3. The second-order valence-corrected chi connectivity index (χ2v) is 13.9. The number of aldehydes is 1. The Hall–Kier alpha value is -0.890. The van der Waals surface area contributed by atoms with Crippen LogP contribution < -0.4 is 0 Å². The Kier molecular flexibility index (Phi) is 6.38. The van der Waals surface area contributed by atoms with Gasteiger partial charge in [-0.3, -0.25) is 0 Å². The van der Waals surface area contributed by atoms with Crippen molar-refractivity contribution >= 4 is 6.29 Å². The molecular formula is C31H50O2. The second kappa shape index (κ2) is 8.35. The normalized spacial score (nSPS) is 41.7. The highest BCUT2D eigenvalue weighted by Crippen LogP contribution is 2.71. The first kappa shape index (κ1) is 25.2. The van der Waals surface area contributed by atoms with Crippen molar-refractivity contribution < 1.29 is 9.90 Å². The van der Waals surface area contributed by atoms with E-state index >= 15 is 0 Å². The van der Waals surface area contributed by atoms with Gasteiger partial charge in [0.1, 0.15) is 6.29 Å². The minimum atomic E-state index is -0.191. The fourth-order valence-corrected chi connectivity index (χ4v) is 8.99. The topological polar surface area (TPSA) is 37.3 Å².